The van der Waals surface area contributed by atoms with Crippen molar-refractivity contribution in [3.05, 3.63) is 39.1 Å². The highest BCUT2D eigenvalue weighted by Crippen LogP contribution is 2.14. The number of aliphatic imine (C=N–C) groups is 1. The van der Waals surface area contributed by atoms with Gasteiger partial charge in [-0.15, -0.1) is 35.3 Å². The summed E-state index contributed by atoms with van der Waals surface area (Å²) in [5.74, 6) is 0.887. The number of nitrogens with zero attached hydrogens (tertiary/aromatic N) is 4. The molecule has 0 bridgehead atoms. The normalized spacial score (nSPS) is 11.3. The summed E-state index contributed by atoms with van der Waals surface area (Å²) >= 11 is 7.77. The van der Waals surface area contributed by atoms with E-state index in [1.54, 1.807) is 18.4 Å². The van der Waals surface area contributed by atoms with Crippen LogP contribution in [0, 0.1) is 6.92 Å². The molecule has 0 spiro atoms. The van der Waals surface area contributed by atoms with Gasteiger partial charge in [0, 0.05) is 57.1 Å². The fourth-order valence-corrected chi connectivity index (χ4v) is 3.47. The zero-order chi connectivity index (χ0) is 16.8. The van der Waals surface area contributed by atoms with Crippen LogP contribution in [-0.2, 0) is 20.0 Å². The molecule has 5 nitrogen and oxygen atoms in total. The molecule has 1 N–H and O–H groups in total. The van der Waals surface area contributed by atoms with E-state index in [0.717, 1.165) is 48.3 Å². The number of rotatable bonds is 6. The SMILES string of the molecule is CN=C(NCCCc1nc(C)cs1)N(C)Cc1cc(Cl)cn1C.I. The molecule has 0 aromatic carbocycles. The molecule has 0 aliphatic heterocycles. The van der Waals surface area contributed by atoms with E-state index in [0.29, 0.717) is 0 Å². The molecule has 0 saturated heterocycles. The number of guanidine groups is 1. The summed E-state index contributed by atoms with van der Waals surface area (Å²) in [6.07, 6.45) is 3.95. The van der Waals surface area contributed by atoms with E-state index in [4.69, 9.17) is 11.6 Å². The Kier molecular flexibility index (Phi) is 9.07. The molecule has 0 saturated carbocycles. The molecule has 2 aromatic heterocycles. The lowest BCUT2D eigenvalue weighted by Gasteiger charge is -2.22. The van der Waals surface area contributed by atoms with Crippen LogP contribution in [0.15, 0.2) is 22.6 Å². The van der Waals surface area contributed by atoms with Crippen molar-refractivity contribution in [2.24, 2.45) is 12.0 Å². The predicted octanol–water partition coefficient (Wildman–Crippen LogP) is 3.70. The maximum atomic E-state index is 6.03. The molecular weight excluding hydrogens is 457 g/mol. The van der Waals surface area contributed by atoms with Gasteiger partial charge in [0.1, 0.15) is 0 Å². The van der Waals surface area contributed by atoms with Gasteiger partial charge in [0.05, 0.1) is 16.6 Å². The molecule has 0 fully saturated rings. The van der Waals surface area contributed by atoms with E-state index in [9.17, 15) is 0 Å². The van der Waals surface area contributed by atoms with Gasteiger partial charge in [-0.05, 0) is 19.4 Å². The molecule has 0 amide bonds. The predicted molar refractivity (Wildman–Crippen MR) is 114 cm³/mol. The van der Waals surface area contributed by atoms with Gasteiger partial charge < -0.3 is 14.8 Å². The molecule has 24 heavy (non-hydrogen) atoms. The first kappa shape index (κ1) is 21.2. The minimum absolute atomic E-state index is 0. The third kappa shape index (κ3) is 6.25. The monoisotopic (exact) mass is 481 g/mol. The fraction of sp³-hybridized carbons (Fsp3) is 0.500. The lowest BCUT2D eigenvalue weighted by Crippen LogP contribution is -2.39. The van der Waals surface area contributed by atoms with Crippen molar-refractivity contribution in [2.45, 2.75) is 26.3 Å². The Morgan fingerprint density at radius 2 is 2.25 bits per heavy atom. The smallest absolute Gasteiger partial charge is 0.193 e. The molecular formula is C16H25ClIN5S. The molecule has 0 radical (unpaired) electrons. The van der Waals surface area contributed by atoms with Crippen LogP contribution in [0.4, 0.5) is 0 Å². The number of nitrogens with one attached hydrogen (secondary N) is 1. The molecule has 2 rings (SSSR count). The second kappa shape index (κ2) is 10.2. The minimum Gasteiger partial charge on any atom is -0.356 e. The molecule has 2 heterocycles. The summed E-state index contributed by atoms with van der Waals surface area (Å²) in [5, 5.41) is 7.46. The number of thiazole rings is 1. The summed E-state index contributed by atoms with van der Waals surface area (Å²) in [7, 11) is 5.84. The average Bonchev–Trinajstić information content (AvgIpc) is 3.04. The Morgan fingerprint density at radius 1 is 1.50 bits per heavy atom. The zero-order valence-electron chi connectivity index (χ0n) is 14.5. The Labute approximate surface area is 170 Å². The molecule has 0 atom stereocenters. The van der Waals surface area contributed by atoms with Gasteiger partial charge in [-0.25, -0.2) is 4.98 Å². The van der Waals surface area contributed by atoms with E-state index in [1.165, 1.54) is 5.01 Å². The molecule has 2 aromatic rings. The van der Waals surface area contributed by atoms with Crippen LogP contribution >= 0.6 is 46.9 Å². The van der Waals surface area contributed by atoms with Crippen LogP contribution in [-0.4, -0.2) is 41.1 Å². The van der Waals surface area contributed by atoms with Crippen LogP contribution in [0.1, 0.15) is 22.8 Å². The van der Waals surface area contributed by atoms with Gasteiger partial charge in [-0.1, -0.05) is 11.6 Å². The molecule has 0 aliphatic rings. The first-order chi connectivity index (χ1) is 11.0. The first-order valence-electron chi connectivity index (χ1n) is 7.63. The van der Waals surface area contributed by atoms with Crippen LogP contribution in [0.3, 0.4) is 0 Å². The summed E-state index contributed by atoms with van der Waals surface area (Å²) in [4.78, 5) is 10.9. The fourth-order valence-electron chi connectivity index (χ4n) is 2.38. The van der Waals surface area contributed by atoms with Gasteiger partial charge in [-0.2, -0.15) is 0 Å². The van der Waals surface area contributed by atoms with Crippen molar-refractivity contribution < 1.29 is 0 Å². The van der Waals surface area contributed by atoms with Crippen LogP contribution < -0.4 is 5.32 Å². The number of hydrogen-bond donors (Lipinski definition) is 1. The standard InChI is InChI=1S/C16H24ClN5S.HI/c1-12-11-23-15(20-12)6-5-7-19-16(18-2)22(4)10-14-8-13(17)9-21(14)3;/h8-9,11H,5-7,10H2,1-4H3,(H,18,19);1H. The summed E-state index contributed by atoms with van der Waals surface area (Å²) < 4.78 is 2.04. The van der Waals surface area contributed by atoms with Crippen molar-refractivity contribution in [2.75, 3.05) is 20.6 Å². The van der Waals surface area contributed by atoms with Crippen LogP contribution in [0.5, 0.6) is 0 Å². The van der Waals surface area contributed by atoms with Crippen molar-refractivity contribution in [1.82, 2.24) is 19.8 Å². The van der Waals surface area contributed by atoms with E-state index < -0.39 is 0 Å². The zero-order valence-corrected chi connectivity index (χ0v) is 18.4. The van der Waals surface area contributed by atoms with Crippen molar-refractivity contribution in [3.63, 3.8) is 0 Å². The second-order valence-electron chi connectivity index (χ2n) is 5.58. The maximum absolute atomic E-state index is 6.03. The quantitative estimate of drug-likeness (QED) is 0.296. The number of hydrogen-bond acceptors (Lipinski definition) is 3. The highest BCUT2D eigenvalue weighted by atomic mass is 127. The van der Waals surface area contributed by atoms with E-state index in [-0.39, 0.29) is 24.0 Å². The third-order valence-electron chi connectivity index (χ3n) is 3.56. The molecule has 134 valence electrons. The Balaban J connectivity index is 0.00000288. The summed E-state index contributed by atoms with van der Waals surface area (Å²) in [6.45, 7) is 3.67. The highest BCUT2D eigenvalue weighted by molar-refractivity contribution is 14.0. The Hall–Kier alpha value is -0.800. The Morgan fingerprint density at radius 3 is 2.79 bits per heavy atom. The molecule has 0 unspecified atom stereocenters. The van der Waals surface area contributed by atoms with Gasteiger partial charge in [-0.3, -0.25) is 4.99 Å². The minimum atomic E-state index is 0. The summed E-state index contributed by atoms with van der Waals surface area (Å²) in [6, 6.07) is 1.98. The second-order valence-corrected chi connectivity index (χ2v) is 6.96. The van der Waals surface area contributed by atoms with E-state index >= 15 is 0 Å². The van der Waals surface area contributed by atoms with Crippen molar-refractivity contribution in [1.29, 1.82) is 0 Å². The Bertz CT molecular complexity index is 667. The van der Waals surface area contributed by atoms with Gasteiger partial charge in [0.25, 0.3) is 0 Å². The van der Waals surface area contributed by atoms with Crippen molar-refractivity contribution in [3.8, 4) is 0 Å². The lowest BCUT2D eigenvalue weighted by atomic mass is 10.3. The maximum Gasteiger partial charge on any atom is 0.193 e. The van der Waals surface area contributed by atoms with Crippen molar-refractivity contribution >= 4 is 52.9 Å². The van der Waals surface area contributed by atoms with Gasteiger partial charge >= 0.3 is 0 Å². The first-order valence-corrected chi connectivity index (χ1v) is 8.89. The number of halogens is 2. The summed E-state index contributed by atoms with van der Waals surface area (Å²) in [5.41, 5.74) is 2.26. The topological polar surface area (TPSA) is 45.5 Å². The van der Waals surface area contributed by atoms with Gasteiger partial charge in [0.15, 0.2) is 5.96 Å². The van der Waals surface area contributed by atoms with E-state index in [1.807, 2.05) is 37.8 Å². The lowest BCUT2D eigenvalue weighted by molar-refractivity contribution is 0.461. The molecule has 0 aliphatic carbocycles. The number of aromatic nitrogens is 2. The van der Waals surface area contributed by atoms with E-state index in [2.05, 4.69) is 25.6 Å². The number of aryl methyl sites for hydroxylation is 3. The van der Waals surface area contributed by atoms with Crippen LogP contribution in [0.2, 0.25) is 5.02 Å². The molecule has 8 heteroatoms. The van der Waals surface area contributed by atoms with Crippen LogP contribution in [0.25, 0.3) is 0 Å². The highest BCUT2D eigenvalue weighted by Gasteiger charge is 2.09. The third-order valence-corrected chi connectivity index (χ3v) is 4.80. The largest absolute Gasteiger partial charge is 0.356 e. The van der Waals surface area contributed by atoms with Gasteiger partial charge in [0.2, 0.25) is 0 Å². The average molecular weight is 482 g/mol.